The first-order valence-electron chi connectivity index (χ1n) is 7.65. The van der Waals surface area contributed by atoms with Gasteiger partial charge in [0.25, 0.3) is 0 Å². The first-order valence-corrected chi connectivity index (χ1v) is 8.80. The fourth-order valence-corrected chi connectivity index (χ4v) is 2.63. The molecule has 1 heterocycles. The minimum atomic E-state index is -0.220. The van der Waals surface area contributed by atoms with E-state index < -0.39 is 0 Å². The van der Waals surface area contributed by atoms with Crippen LogP contribution in [0.25, 0.3) is 0 Å². The molecule has 0 aliphatic carbocycles. The fourth-order valence-electron chi connectivity index (χ4n) is 2.01. The molecule has 0 aliphatic rings. The minimum absolute atomic E-state index is 0.133. The van der Waals surface area contributed by atoms with E-state index in [0.29, 0.717) is 17.5 Å². The summed E-state index contributed by atoms with van der Waals surface area (Å²) >= 11 is 1.24. The molecule has 1 aromatic carbocycles. The van der Waals surface area contributed by atoms with Gasteiger partial charge in [0.05, 0.1) is 11.5 Å². The highest BCUT2D eigenvalue weighted by Crippen LogP contribution is 2.18. The highest BCUT2D eigenvalue weighted by Gasteiger charge is 2.09. The molecule has 2 rings (SSSR count). The molecule has 128 valence electrons. The number of thioether (sulfide) groups is 1. The number of carbonyl (C=O) groups is 2. The quantitative estimate of drug-likeness (QED) is 0.802. The number of aromatic nitrogens is 1. The number of nitrogens with zero attached hydrogens (tertiary/aromatic N) is 1. The van der Waals surface area contributed by atoms with E-state index in [1.807, 2.05) is 24.3 Å². The van der Waals surface area contributed by atoms with E-state index in [0.717, 1.165) is 5.69 Å². The van der Waals surface area contributed by atoms with E-state index >= 15 is 0 Å². The van der Waals surface area contributed by atoms with Crippen molar-refractivity contribution in [1.29, 1.82) is 0 Å². The second kappa shape index (κ2) is 8.54. The number of rotatable bonds is 7. The summed E-state index contributed by atoms with van der Waals surface area (Å²) in [5.74, 6) is 1.44. The molecule has 0 bridgehead atoms. The van der Waals surface area contributed by atoms with Crippen molar-refractivity contribution in [3.05, 3.63) is 41.7 Å². The Labute approximate surface area is 145 Å². The number of anilines is 2. The van der Waals surface area contributed by atoms with Crippen molar-refractivity contribution in [3.63, 3.8) is 0 Å². The van der Waals surface area contributed by atoms with Crippen molar-refractivity contribution in [1.82, 2.24) is 5.16 Å². The lowest BCUT2D eigenvalue weighted by atomic mass is 10.0. The number of nitrogens with one attached hydrogen (secondary N) is 2. The Bertz CT molecular complexity index is 713. The van der Waals surface area contributed by atoms with Crippen LogP contribution >= 0.6 is 11.8 Å². The Morgan fingerprint density at radius 3 is 2.50 bits per heavy atom. The molecule has 2 amide bonds. The Balaban J connectivity index is 1.73. The van der Waals surface area contributed by atoms with Crippen molar-refractivity contribution in [2.45, 2.75) is 26.7 Å². The minimum Gasteiger partial charge on any atom is -0.360 e. The zero-order valence-electron chi connectivity index (χ0n) is 14.0. The lowest BCUT2D eigenvalue weighted by molar-refractivity contribution is -0.114. The van der Waals surface area contributed by atoms with Gasteiger partial charge in [-0.2, -0.15) is 0 Å². The first-order chi connectivity index (χ1) is 11.4. The third-order valence-corrected chi connectivity index (χ3v) is 4.13. The van der Waals surface area contributed by atoms with E-state index in [2.05, 4.69) is 29.6 Å². The molecule has 0 aliphatic heterocycles. The van der Waals surface area contributed by atoms with Gasteiger partial charge in [-0.1, -0.05) is 31.1 Å². The topological polar surface area (TPSA) is 84.2 Å². The van der Waals surface area contributed by atoms with Crippen LogP contribution in [0.4, 0.5) is 11.5 Å². The van der Waals surface area contributed by atoms with Crippen LogP contribution in [0.3, 0.4) is 0 Å². The van der Waals surface area contributed by atoms with Gasteiger partial charge in [0.15, 0.2) is 5.82 Å². The monoisotopic (exact) mass is 347 g/mol. The highest BCUT2D eigenvalue weighted by atomic mass is 32.2. The second-order valence-electron chi connectivity index (χ2n) is 5.69. The fraction of sp³-hybridized carbons (Fsp3) is 0.353. The molecule has 0 unspecified atom stereocenters. The van der Waals surface area contributed by atoms with Crippen LogP contribution in [0, 0.1) is 6.92 Å². The average molecular weight is 347 g/mol. The summed E-state index contributed by atoms with van der Waals surface area (Å²) in [6.07, 6.45) is 0. The molecule has 7 heteroatoms. The van der Waals surface area contributed by atoms with Gasteiger partial charge in [0, 0.05) is 11.8 Å². The number of carbonyl (C=O) groups excluding carboxylic acids is 2. The van der Waals surface area contributed by atoms with Crippen LogP contribution in [-0.4, -0.2) is 28.5 Å². The lowest BCUT2D eigenvalue weighted by Gasteiger charge is -2.09. The van der Waals surface area contributed by atoms with Gasteiger partial charge in [-0.25, -0.2) is 0 Å². The maximum Gasteiger partial charge on any atom is 0.235 e. The lowest BCUT2D eigenvalue weighted by Crippen LogP contribution is -2.18. The standard InChI is InChI=1S/C17H21N3O3S/c1-11(2)13-5-4-6-14(8-13)18-16(21)9-24-10-17(22)19-15-7-12(3)23-20-15/h4-8,11H,9-10H2,1-3H3,(H,18,21)(H,19,20,22). The Morgan fingerprint density at radius 1 is 1.17 bits per heavy atom. The molecular formula is C17H21N3O3S. The zero-order valence-corrected chi connectivity index (χ0v) is 14.8. The third-order valence-electron chi connectivity index (χ3n) is 3.20. The summed E-state index contributed by atoms with van der Waals surface area (Å²) in [7, 11) is 0. The third kappa shape index (κ3) is 5.73. The highest BCUT2D eigenvalue weighted by molar-refractivity contribution is 8.00. The first kappa shape index (κ1) is 18.1. The zero-order chi connectivity index (χ0) is 17.5. The Morgan fingerprint density at radius 2 is 1.88 bits per heavy atom. The molecule has 6 nitrogen and oxygen atoms in total. The van der Waals surface area contributed by atoms with Crippen LogP contribution in [-0.2, 0) is 9.59 Å². The predicted octanol–water partition coefficient (Wildman–Crippen LogP) is 3.42. The molecular weight excluding hydrogens is 326 g/mol. The van der Waals surface area contributed by atoms with Gasteiger partial charge >= 0.3 is 0 Å². The molecule has 24 heavy (non-hydrogen) atoms. The van der Waals surface area contributed by atoms with Crippen molar-refractivity contribution in [2.75, 3.05) is 22.1 Å². The molecule has 0 saturated carbocycles. The summed E-state index contributed by atoms with van der Waals surface area (Å²) < 4.78 is 4.87. The van der Waals surface area contributed by atoms with E-state index in [1.54, 1.807) is 13.0 Å². The van der Waals surface area contributed by atoms with Crippen molar-refractivity contribution in [2.24, 2.45) is 0 Å². The molecule has 0 saturated heterocycles. The normalized spacial score (nSPS) is 10.7. The van der Waals surface area contributed by atoms with Crippen molar-refractivity contribution in [3.8, 4) is 0 Å². The second-order valence-corrected chi connectivity index (χ2v) is 6.68. The van der Waals surface area contributed by atoms with Gasteiger partial charge in [0.1, 0.15) is 5.76 Å². The van der Waals surface area contributed by atoms with Crippen molar-refractivity contribution >= 4 is 35.1 Å². The van der Waals surface area contributed by atoms with Gasteiger partial charge in [-0.15, -0.1) is 11.8 Å². The predicted molar refractivity (Wildman–Crippen MR) is 96.4 cm³/mol. The number of hydrogen-bond acceptors (Lipinski definition) is 5. The van der Waals surface area contributed by atoms with Gasteiger partial charge in [-0.3, -0.25) is 9.59 Å². The summed E-state index contributed by atoms with van der Waals surface area (Å²) in [4.78, 5) is 23.7. The maximum absolute atomic E-state index is 11.9. The molecule has 1 aromatic heterocycles. The number of aryl methyl sites for hydroxylation is 1. The Hall–Kier alpha value is -2.28. The summed E-state index contributed by atoms with van der Waals surface area (Å²) in [6, 6.07) is 9.41. The van der Waals surface area contributed by atoms with Crippen molar-refractivity contribution < 1.29 is 14.1 Å². The smallest absolute Gasteiger partial charge is 0.235 e. The van der Waals surface area contributed by atoms with Crippen LogP contribution in [0.1, 0.15) is 31.1 Å². The molecule has 0 atom stereocenters. The summed E-state index contributed by atoms with van der Waals surface area (Å²) in [5, 5.41) is 9.14. The van der Waals surface area contributed by atoms with Gasteiger partial charge in [0.2, 0.25) is 11.8 Å². The average Bonchev–Trinajstić information content (AvgIpc) is 2.92. The van der Waals surface area contributed by atoms with Gasteiger partial charge < -0.3 is 15.2 Å². The van der Waals surface area contributed by atoms with Gasteiger partial charge in [-0.05, 0) is 30.5 Å². The van der Waals surface area contributed by atoms with Crippen LogP contribution in [0.2, 0.25) is 0 Å². The molecule has 0 fully saturated rings. The molecule has 0 spiro atoms. The molecule has 2 N–H and O–H groups in total. The van der Waals surface area contributed by atoms with E-state index in [9.17, 15) is 9.59 Å². The van der Waals surface area contributed by atoms with E-state index in [-0.39, 0.29) is 23.3 Å². The SMILES string of the molecule is Cc1cc(NC(=O)CSCC(=O)Nc2cccc(C(C)C)c2)no1. The molecule has 2 aromatic rings. The maximum atomic E-state index is 11.9. The number of hydrogen-bond donors (Lipinski definition) is 2. The van der Waals surface area contributed by atoms with Crippen LogP contribution in [0.15, 0.2) is 34.9 Å². The van der Waals surface area contributed by atoms with Crippen LogP contribution in [0.5, 0.6) is 0 Å². The summed E-state index contributed by atoms with van der Waals surface area (Å²) in [6.45, 7) is 5.95. The van der Waals surface area contributed by atoms with Crippen LogP contribution < -0.4 is 10.6 Å². The van der Waals surface area contributed by atoms with E-state index in [1.165, 1.54) is 17.3 Å². The number of amides is 2. The number of benzene rings is 1. The Kier molecular flexibility index (Phi) is 6.43. The largest absolute Gasteiger partial charge is 0.360 e. The molecule has 0 radical (unpaired) electrons. The van der Waals surface area contributed by atoms with E-state index in [4.69, 9.17) is 4.52 Å². The summed E-state index contributed by atoms with van der Waals surface area (Å²) in [5.41, 5.74) is 1.94.